The van der Waals surface area contributed by atoms with Crippen molar-refractivity contribution in [3.63, 3.8) is 0 Å². The lowest BCUT2D eigenvalue weighted by Gasteiger charge is -2.21. The number of benzene rings is 1. The zero-order chi connectivity index (χ0) is 20.5. The quantitative estimate of drug-likeness (QED) is 0.783. The van der Waals surface area contributed by atoms with E-state index in [1.54, 1.807) is 0 Å². The van der Waals surface area contributed by atoms with Crippen molar-refractivity contribution < 1.29 is 14.3 Å². The minimum Gasteiger partial charge on any atom is -0.486 e. The predicted molar refractivity (Wildman–Crippen MR) is 112 cm³/mol. The molecule has 0 atom stereocenters. The Morgan fingerprint density at radius 3 is 2.46 bits per heavy atom. The van der Waals surface area contributed by atoms with Gasteiger partial charge < -0.3 is 19.8 Å². The van der Waals surface area contributed by atoms with Gasteiger partial charge in [0.15, 0.2) is 11.5 Å². The first-order valence-corrected chi connectivity index (χ1v) is 10.1. The van der Waals surface area contributed by atoms with Crippen LogP contribution in [0.5, 0.6) is 11.5 Å². The standard InChI is InChI=1S/C23H32N2O3/c1-6-7-17-21(16-8-9-18-19(14-16)28-13-12-27-18)20(22(24)26)15(2)25(17)11-10-23(3,4)5/h8-9,14H,6-7,10-13H2,1-5H3,(H2,24,26). The molecule has 5 nitrogen and oxygen atoms in total. The lowest BCUT2D eigenvalue weighted by atomic mass is 9.92. The molecule has 1 aliphatic heterocycles. The van der Waals surface area contributed by atoms with Crippen molar-refractivity contribution in [1.82, 2.24) is 4.57 Å². The fourth-order valence-electron chi connectivity index (χ4n) is 3.86. The molecule has 0 fully saturated rings. The van der Waals surface area contributed by atoms with Gasteiger partial charge in [-0.2, -0.15) is 0 Å². The Balaban J connectivity index is 2.17. The minimum absolute atomic E-state index is 0.213. The third-order valence-electron chi connectivity index (χ3n) is 5.28. The highest BCUT2D eigenvalue weighted by molar-refractivity contribution is 6.02. The van der Waals surface area contributed by atoms with Gasteiger partial charge in [0.05, 0.1) is 5.56 Å². The molecule has 1 aromatic carbocycles. The molecule has 28 heavy (non-hydrogen) atoms. The van der Waals surface area contributed by atoms with Crippen LogP contribution < -0.4 is 15.2 Å². The fourth-order valence-corrected chi connectivity index (χ4v) is 3.86. The summed E-state index contributed by atoms with van der Waals surface area (Å²) in [5.74, 6) is 1.09. The Bertz CT molecular complexity index is 875. The Morgan fingerprint density at radius 2 is 1.86 bits per heavy atom. The smallest absolute Gasteiger partial charge is 0.251 e. The number of aromatic nitrogens is 1. The molecule has 0 bridgehead atoms. The molecule has 0 spiro atoms. The number of primary amides is 1. The van der Waals surface area contributed by atoms with Gasteiger partial charge >= 0.3 is 0 Å². The van der Waals surface area contributed by atoms with Crippen molar-refractivity contribution in [3.8, 4) is 22.6 Å². The molecule has 0 saturated heterocycles. The fraction of sp³-hybridized carbons (Fsp3) is 0.522. The maximum Gasteiger partial charge on any atom is 0.251 e. The third-order valence-corrected chi connectivity index (χ3v) is 5.28. The molecular formula is C23H32N2O3. The zero-order valence-electron chi connectivity index (χ0n) is 17.7. The largest absolute Gasteiger partial charge is 0.486 e. The van der Waals surface area contributed by atoms with E-state index in [-0.39, 0.29) is 11.3 Å². The van der Waals surface area contributed by atoms with Gasteiger partial charge in [0, 0.05) is 23.5 Å². The van der Waals surface area contributed by atoms with Crippen molar-refractivity contribution >= 4 is 5.91 Å². The summed E-state index contributed by atoms with van der Waals surface area (Å²) in [5, 5.41) is 0. The topological polar surface area (TPSA) is 66.5 Å². The van der Waals surface area contributed by atoms with Crippen LogP contribution >= 0.6 is 0 Å². The molecule has 152 valence electrons. The number of carbonyl (C=O) groups is 1. The van der Waals surface area contributed by atoms with E-state index in [0.717, 1.165) is 54.1 Å². The first kappa shape index (κ1) is 20.3. The van der Waals surface area contributed by atoms with E-state index in [0.29, 0.717) is 18.8 Å². The molecule has 0 saturated carbocycles. The molecule has 1 amide bonds. The van der Waals surface area contributed by atoms with E-state index in [1.807, 2.05) is 25.1 Å². The van der Waals surface area contributed by atoms with Crippen LogP contribution in [0.15, 0.2) is 18.2 Å². The van der Waals surface area contributed by atoms with Crippen LogP contribution in [-0.2, 0) is 13.0 Å². The summed E-state index contributed by atoms with van der Waals surface area (Å²) in [7, 11) is 0. The monoisotopic (exact) mass is 384 g/mol. The van der Waals surface area contributed by atoms with Crippen molar-refractivity contribution in [2.75, 3.05) is 13.2 Å². The lowest BCUT2D eigenvalue weighted by molar-refractivity contribution is 0.1000. The first-order chi connectivity index (χ1) is 13.2. The number of nitrogens with two attached hydrogens (primary N) is 1. The summed E-state index contributed by atoms with van der Waals surface area (Å²) in [5.41, 5.74) is 10.7. The van der Waals surface area contributed by atoms with E-state index >= 15 is 0 Å². The van der Waals surface area contributed by atoms with E-state index in [9.17, 15) is 4.79 Å². The highest BCUT2D eigenvalue weighted by atomic mass is 16.6. The minimum atomic E-state index is -0.380. The maximum atomic E-state index is 12.4. The molecule has 1 aromatic heterocycles. The molecule has 0 aliphatic carbocycles. The summed E-state index contributed by atoms with van der Waals surface area (Å²) >= 11 is 0. The van der Waals surface area contributed by atoms with Crippen molar-refractivity contribution in [1.29, 1.82) is 0 Å². The number of fused-ring (bicyclic) bond motifs is 1. The van der Waals surface area contributed by atoms with Crippen LogP contribution in [0, 0.1) is 12.3 Å². The van der Waals surface area contributed by atoms with Gasteiger partial charge in [0.1, 0.15) is 13.2 Å². The Hall–Kier alpha value is -2.43. The molecule has 2 heterocycles. The average Bonchev–Trinajstić information content (AvgIpc) is 2.91. The number of nitrogens with zero attached hydrogens (tertiary/aromatic N) is 1. The van der Waals surface area contributed by atoms with E-state index in [1.165, 1.54) is 5.69 Å². The summed E-state index contributed by atoms with van der Waals surface area (Å²) < 4.78 is 13.7. The first-order valence-electron chi connectivity index (χ1n) is 10.1. The number of amides is 1. The molecule has 5 heteroatoms. The summed E-state index contributed by atoms with van der Waals surface area (Å²) in [4.78, 5) is 12.4. The van der Waals surface area contributed by atoms with Gasteiger partial charge in [0.2, 0.25) is 0 Å². The van der Waals surface area contributed by atoms with Gasteiger partial charge in [0.25, 0.3) is 5.91 Å². The van der Waals surface area contributed by atoms with Gasteiger partial charge in [-0.05, 0) is 42.9 Å². The number of rotatable bonds is 6. The number of carbonyl (C=O) groups excluding carboxylic acids is 1. The van der Waals surface area contributed by atoms with Crippen molar-refractivity contribution in [2.24, 2.45) is 11.1 Å². The van der Waals surface area contributed by atoms with Gasteiger partial charge in [-0.1, -0.05) is 40.2 Å². The number of hydrogen-bond donors (Lipinski definition) is 1. The van der Waals surface area contributed by atoms with E-state index < -0.39 is 0 Å². The SMILES string of the molecule is CCCc1c(-c2ccc3c(c2)OCCO3)c(C(N)=O)c(C)n1CCC(C)(C)C. The lowest BCUT2D eigenvalue weighted by Crippen LogP contribution is -2.15. The summed E-state index contributed by atoms with van der Waals surface area (Å²) in [6.07, 6.45) is 2.91. The van der Waals surface area contributed by atoms with E-state index in [4.69, 9.17) is 15.2 Å². The van der Waals surface area contributed by atoms with Crippen LogP contribution in [0.1, 0.15) is 62.3 Å². The second kappa shape index (κ2) is 7.90. The van der Waals surface area contributed by atoms with Gasteiger partial charge in [-0.3, -0.25) is 4.79 Å². The number of ether oxygens (including phenoxy) is 2. The van der Waals surface area contributed by atoms with Crippen LogP contribution in [-0.4, -0.2) is 23.7 Å². The van der Waals surface area contributed by atoms with Crippen LogP contribution in [0.25, 0.3) is 11.1 Å². The molecule has 2 N–H and O–H groups in total. The Morgan fingerprint density at radius 1 is 1.18 bits per heavy atom. The summed E-state index contributed by atoms with van der Waals surface area (Å²) in [6.45, 7) is 12.8. The second-order valence-corrected chi connectivity index (χ2v) is 8.72. The molecule has 0 radical (unpaired) electrons. The Kier molecular flexibility index (Phi) is 5.73. The van der Waals surface area contributed by atoms with E-state index in [2.05, 4.69) is 32.3 Å². The van der Waals surface area contributed by atoms with Gasteiger partial charge in [-0.15, -0.1) is 0 Å². The van der Waals surface area contributed by atoms with Crippen LogP contribution in [0.2, 0.25) is 0 Å². The third kappa shape index (κ3) is 4.03. The molecular weight excluding hydrogens is 352 g/mol. The van der Waals surface area contributed by atoms with Crippen LogP contribution in [0.3, 0.4) is 0 Å². The molecule has 0 unspecified atom stereocenters. The van der Waals surface area contributed by atoms with Crippen LogP contribution in [0.4, 0.5) is 0 Å². The molecule has 3 rings (SSSR count). The Labute approximate surface area is 167 Å². The highest BCUT2D eigenvalue weighted by Gasteiger charge is 2.26. The average molecular weight is 385 g/mol. The second-order valence-electron chi connectivity index (χ2n) is 8.72. The maximum absolute atomic E-state index is 12.4. The zero-order valence-corrected chi connectivity index (χ0v) is 17.7. The predicted octanol–water partition coefficient (Wildman–Crippen LogP) is 4.72. The number of hydrogen-bond acceptors (Lipinski definition) is 3. The summed E-state index contributed by atoms with van der Waals surface area (Å²) in [6, 6.07) is 5.90. The molecule has 1 aliphatic rings. The van der Waals surface area contributed by atoms with Crippen molar-refractivity contribution in [2.45, 2.75) is 60.4 Å². The molecule has 2 aromatic rings. The highest BCUT2D eigenvalue weighted by Crippen LogP contribution is 2.39. The van der Waals surface area contributed by atoms with Gasteiger partial charge in [-0.25, -0.2) is 0 Å². The normalized spacial score (nSPS) is 13.6. The van der Waals surface area contributed by atoms with Crippen molar-refractivity contribution in [3.05, 3.63) is 35.2 Å².